The molecular formula is C33H39N5O6. The van der Waals surface area contributed by atoms with Crippen LogP contribution in [0.25, 0.3) is 22.2 Å². The highest BCUT2D eigenvalue weighted by Gasteiger charge is 2.39. The van der Waals surface area contributed by atoms with Gasteiger partial charge in [-0.2, -0.15) is 10.2 Å². The summed E-state index contributed by atoms with van der Waals surface area (Å²) in [5.41, 5.74) is 3.45. The van der Waals surface area contributed by atoms with Gasteiger partial charge in [0, 0.05) is 30.3 Å². The molecule has 2 fully saturated rings. The van der Waals surface area contributed by atoms with Gasteiger partial charge in [0.2, 0.25) is 0 Å². The van der Waals surface area contributed by atoms with Crippen molar-refractivity contribution in [3.63, 3.8) is 0 Å². The van der Waals surface area contributed by atoms with Gasteiger partial charge in [0.05, 0.1) is 24.9 Å². The number of nitrogens with one attached hydrogen (secondary N) is 1. The van der Waals surface area contributed by atoms with E-state index >= 15 is 0 Å². The molecule has 0 spiro atoms. The summed E-state index contributed by atoms with van der Waals surface area (Å²) in [5.74, 6) is 0.696. The van der Waals surface area contributed by atoms with Crippen molar-refractivity contribution in [2.45, 2.75) is 64.3 Å². The molecule has 0 radical (unpaired) electrons. The van der Waals surface area contributed by atoms with Crippen molar-refractivity contribution in [3.8, 4) is 17.0 Å². The fourth-order valence-electron chi connectivity index (χ4n) is 5.55. The van der Waals surface area contributed by atoms with Crippen LogP contribution in [0.2, 0.25) is 0 Å². The smallest absolute Gasteiger partial charge is 0.407 e. The topological polar surface area (TPSA) is 119 Å². The maximum atomic E-state index is 12.7. The van der Waals surface area contributed by atoms with Crippen molar-refractivity contribution in [3.05, 3.63) is 66.5 Å². The number of carbonyl (C=O) groups is 2. The summed E-state index contributed by atoms with van der Waals surface area (Å²) in [6.07, 6.45) is 8.66. The van der Waals surface area contributed by atoms with Crippen molar-refractivity contribution >= 4 is 23.0 Å². The number of fused-ring (bicyclic) bond motifs is 1. The van der Waals surface area contributed by atoms with Gasteiger partial charge in [-0.05, 0) is 75.1 Å². The van der Waals surface area contributed by atoms with E-state index in [1.165, 1.54) is 0 Å². The van der Waals surface area contributed by atoms with Crippen LogP contribution in [0.1, 0.15) is 63.3 Å². The van der Waals surface area contributed by atoms with E-state index in [0.717, 1.165) is 59.8 Å². The second-order valence-electron chi connectivity index (χ2n) is 11.2. The van der Waals surface area contributed by atoms with Crippen LogP contribution in [-0.2, 0) is 25.6 Å². The molecule has 4 aromatic rings. The first-order chi connectivity index (χ1) is 21.6. The second-order valence-corrected chi connectivity index (χ2v) is 11.2. The monoisotopic (exact) mass is 601 g/mol. The highest BCUT2D eigenvalue weighted by Crippen LogP contribution is 2.41. The van der Waals surface area contributed by atoms with Gasteiger partial charge in [0.25, 0.3) is 0 Å². The average Bonchev–Trinajstić information content (AvgIpc) is 3.64. The van der Waals surface area contributed by atoms with E-state index in [4.69, 9.17) is 24.0 Å². The van der Waals surface area contributed by atoms with Crippen LogP contribution < -0.4 is 10.1 Å². The summed E-state index contributed by atoms with van der Waals surface area (Å²) >= 11 is 0. The van der Waals surface area contributed by atoms with E-state index < -0.39 is 12.1 Å². The fourth-order valence-corrected chi connectivity index (χ4v) is 5.55. The molecule has 44 heavy (non-hydrogen) atoms. The van der Waals surface area contributed by atoms with Crippen LogP contribution in [0.3, 0.4) is 0 Å². The van der Waals surface area contributed by atoms with Gasteiger partial charge in [-0.3, -0.25) is 4.68 Å². The standard InChI is InChI=1S/C33H39N5O6/c1-2-41-32(39)31(24-12-13-24)37-21-25(20-35-37)30-27-19-26(14-15-28(27)38(36-30)29-11-6-7-17-43-29)42-18-8-16-34-33(40)44-22-23-9-4-3-5-10-23/h3-5,9-10,14-15,19-21,24,29,31H,2,6-8,11-13,16-18,22H2,1H3,(H,34,40). The lowest BCUT2D eigenvalue weighted by molar-refractivity contribution is -0.148. The van der Waals surface area contributed by atoms with Crippen LogP contribution in [0.5, 0.6) is 5.75 Å². The Morgan fingerprint density at radius 2 is 1.95 bits per heavy atom. The zero-order chi connectivity index (χ0) is 30.3. The number of esters is 1. The molecule has 11 heteroatoms. The lowest BCUT2D eigenvalue weighted by Gasteiger charge is -2.23. The Hall–Kier alpha value is -4.38. The van der Waals surface area contributed by atoms with Gasteiger partial charge < -0.3 is 24.3 Å². The Labute approximate surface area is 256 Å². The van der Waals surface area contributed by atoms with Gasteiger partial charge in [-0.1, -0.05) is 30.3 Å². The molecule has 1 N–H and O–H groups in total. The normalized spacial score (nSPS) is 17.2. The van der Waals surface area contributed by atoms with E-state index in [9.17, 15) is 9.59 Å². The largest absolute Gasteiger partial charge is 0.494 e. The Morgan fingerprint density at radius 1 is 1.09 bits per heavy atom. The summed E-state index contributed by atoms with van der Waals surface area (Å²) in [6, 6.07) is 15.1. The number of aromatic nitrogens is 4. The SMILES string of the molecule is CCOC(=O)C(C1CC1)n1cc(-c2nn(C3CCCCO3)c3ccc(OCCCNC(=O)OCc4ccccc4)cc23)cn1. The van der Waals surface area contributed by atoms with Gasteiger partial charge in [-0.15, -0.1) is 0 Å². The molecule has 0 bridgehead atoms. The third-order valence-corrected chi connectivity index (χ3v) is 7.93. The molecule has 1 aliphatic heterocycles. The van der Waals surface area contributed by atoms with E-state index in [-0.39, 0.29) is 24.7 Å². The number of hydrogen-bond donors (Lipinski definition) is 1. The Kier molecular flexibility index (Phi) is 9.40. The van der Waals surface area contributed by atoms with Crippen LogP contribution in [-0.4, -0.2) is 58.0 Å². The minimum absolute atomic E-state index is 0.145. The molecule has 2 aromatic heterocycles. The molecule has 3 heterocycles. The number of nitrogens with zero attached hydrogens (tertiary/aromatic N) is 4. The van der Waals surface area contributed by atoms with Crippen molar-refractivity contribution in [2.24, 2.45) is 5.92 Å². The number of rotatable bonds is 13. The zero-order valence-electron chi connectivity index (χ0n) is 25.0. The van der Waals surface area contributed by atoms with Crippen molar-refractivity contribution in [2.75, 3.05) is 26.4 Å². The highest BCUT2D eigenvalue weighted by atomic mass is 16.5. The predicted octanol–water partition coefficient (Wildman–Crippen LogP) is 5.81. The van der Waals surface area contributed by atoms with Gasteiger partial charge >= 0.3 is 12.1 Å². The zero-order valence-corrected chi connectivity index (χ0v) is 25.0. The summed E-state index contributed by atoms with van der Waals surface area (Å²) in [7, 11) is 0. The molecule has 1 saturated carbocycles. The number of ether oxygens (including phenoxy) is 4. The van der Waals surface area contributed by atoms with Crippen LogP contribution in [0.4, 0.5) is 4.79 Å². The van der Waals surface area contributed by atoms with Crippen LogP contribution >= 0.6 is 0 Å². The molecule has 2 atom stereocenters. The van der Waals surface area contributed by atoms with Crippen LogP contribution in [0.15, 0.2) is 60.9 Å². The number of alkyl carbamates (subject to hydrolysis) is 1. The molecule has 1 saturated heterocycles. The van der Waals surface area contributed by atoms with Crippen molar-refractivity contribution in [1.29, 1.82) is 0 Å². The highest BCUT2D eigenvalue weighted by molar-refractivity contribution is 5.94. The molecular weight excluding hydrogens is 562 g/mol. The minimum Gasteiger partial charge on any atom is -0.494 e. The molecule has 1 amide bonds. The molecule has 11 nitrogen and oxygen atoms in total. The van der Waals surface area contributed by atoms with E-state index in [1.54, 1.807) is 10.9 Å². The predicted molar refractivity (Wildman–Crippen MR) is 163 cm³/mol. The Balaban J connectivity index is 1.14. The van der Waals surface area contributed by atoms with E-state index in [2.05, 4.69) is 10.4 Å². The fraction of sp³-hybridized carbons (Fsp3) is 0.455. The Morgan fingerprint density at radius 3 is 2.73 bits per heavy atom. The van der Waals surface area contributed by atoms with Crippen molar-refractivity contribution < 1.29 is 28.5 Å². The summed E-state index contributed by atoms with van der Waals surface area (Å²) in [4.78, 5) is 24.8. The van der Waals surface area contributed by atoms with Crippen molar-refractivity contribution in [1.82, 2.24) is 24.9 Å². The van der Waals surface area contributed by atoms with E-state index in [0.29, 0.717) is 38.5 Å². The quantitative estimate of drug-likeness (QED) is 0.151. The first-order valence-electron chi connectivity index (χ1n) is 15.5. The maximum absolute atomic E-state index is 12.7. The second kappa shape index (κ2) is 13.9. The summed E-state index contributed by atoms with van der Waals surface area (Å²) in [5, 5.41) is 13.3. The summed E-state index contributed by atoms with van der Waals surface area (Å²) < 4.78 is 26.5. The molecule has 1 aliphatic carbocycles. The summed E-state index contributed by atoms with van der Waals surface area (Å²) in [6.45, 7) is 3.94. The number of carbonyl (C=O) groups excluding carboxylic acids is 2. The lowest BCUT2D eigenvalue weighted by atomic mass is 10.1. The number of amides is 1. The first kappa shape index (κ1) is 29.7. The van der Waals surface area contributed by atoms with E-state index in [1.807, 2.05) is 66.3 Å². The Bertz CT molecular complexity index is 1560. The molecule has 2 aliphatic rings. The minimum atomic E-state index is -0.454. The number of hydrogen-bond acceptors (Lipinski definition) is 8. The molecule has 6 rings (SSSR count). The van der Waals surface area contributed by atoms with Gasteiger partial charge in [0.1, 0.15) is 18.1 Å². The van der Waals surface area contributed by atoms with Crippen LogP contribution in [0, 0.1) is 5.92 Å². The average molecular weight is 602 g/mol. The van der Waals surface area contributed by atoms with Gasteiger partial charge in [0.15, 0.2) is 12.3 Å². The molecule has 232 valence electrons. The first-order valence-corrected chi connectivity index (χ1v) is 15.5. The number of benzene rings is 2. The third kappa shape index (κ3) is 7.05. The van der Waals surface area contributed by atoms with Gasteiger partial charge in [-0.25, -0.2) is 14.3 Å². The molecule has 2 unspecified atom stereocenters. The molecule has 2 aromatic carbocycles. The lowest BCUT2D eigenvalue weighted by Crippen LogP contribution is -2.26. The maximum Gasteiger partial charge on any atom is 0.407 e. The third-order valence-electron chi connectivity index (χ3n) is 7.93.